The lowest BCUT2D eigenvalue weighted by atomic mass is 10.1. The maximum atomic E-state index is 13.2. The average Bonchev–Trinajstić information content (AvgIpc) is 2.36. The summed E-state index contributed by atoms with van der Waals surface area (Å²) >= 11 is 5.88. The largest absolute Gasteiger partial charge is 0.488 e. The molecule has 0 fully saturated rings. The average molecular weight is 281 g/mol. The lowest BCUT2D eigenvalue weighted by Crippen LogP contribution is -2.01. The smallest absolute Gasteiger partial charge is 0.128 e. The van der Waals surface area contributed by atoms with Gasteiger partial charge in [0.15, 0.2) is 0 Å². The second kappa shape index (κ2) is 6.04. The molecule has 2 aromatic rings. The van der Waals surface area contributed by atoms with E-state index in [9.17, 15) is 9.50 Å². The molecule has 0 aliphatic heterocycles. The summed E-state index contributed by atoms with van der Waals surface area (Å²) in [5.41, 5.74) is 1.44. The maximum absolute atomic E-state index is 13.2. The van der Waals surface area contributed by atoms with Gasteiger partial charge in [0.1, 0.15) is 18.2 Å². The number of aliphatic hydroxyl groups is 1. The molecule has 0 aromatic heterocycles. The van der Waals surface area contributed by atoms with Gasteiger partial charge in [-0.1, -0.05) is 23.7 Å². The van der Waals surface area contributed by atoms with Gasteiger partial charge in [-0.2, -0.15) is 0 Å². The van der Waals surface area contributed by atoms with Gasteiger partial charge in [-0.05, 0) is 36.8 Å². The summed E-state index contributed by atoms with van der Waals surface area (Å²) in [7, 11) is 0. The van der Waals surface area contributed by atoms with Crippen LogP contribution in [0.2, 0.25) is 5.02 Å². The van der Waals surface area contributed by atoms with E-state index in [0.29, 0.717) is 16.3 Å². The third-order valence-corrected chi connectivity index (χ3v) is 2.94. The highest BCUT2D eigenvalue weighted by Gasteiger charge is 2.10. The Hall–Kier alpha value is -1.58. The first kappa shape index (κ1) is 13.8. The minimum atomic E-state index is -0.713. The summed E-state index contributed by atoms with van der Waals surface area (Å²) in [6, 6.07) is 11.3. The van der Waals surface area contributed by atoms with Gasteiger partial charge in [0.25, 0.3) is 0 Å². The van der Waals surface area contributed by atoms with E-state index in [2.05, 4.69) is 0 Å². The Bertz CT molecular complexity index is 570. The molecule has 0 bridgehead atoms. The van der Waals surface area contributed by atoms with Gasteiger partial charge >= 0.3 is 0 Å². The number of halogens is 2. The second-order valence-corrected chi connectivity index (χ2v) is 4.71. The van der Waals surface area contributed by atoms with E-state index < -0.39 is 11.9 Å². The standard InChI is InChI=1S/C15H14ClFO2/c1-10(18)14-6-5-13(17)8-15(14)19-9-11-3-2-4-12(16)7-11/h2-8,10,18H,9H2,1H3/t10-/m1/s1. The Morgan fingerprint density at radius 3 is 2.74 bits per heavy atom. The molecule has 0 heterocycles. The van der Waals surface area contributed by atoms with Crippen LogP contribution in [-0.2, 0) is 6.61 Å². The van der Waals surface area contributed by atoms with Crippen LogP contribution in [0.25, 0.3) is 0 Å². The molecule has 0 saturated carbocycles. The number of aliphatic hydroxyl groups excluding tert-OH is 1. The third-order valence-electron chi connectivity index (χ3n) is 2.71. The van der Waals surface area contributed by atoms with Crippen molar-refractivity contribution in [2.24, 2.45) is 0 Å². The minimum absolute atomic E-state index is 0.268. The third kappa shape index (κ3) is 3.69. The minimum Gasteiger partial charge on any atom is -0.488 e. The monoisotopic (exact) mass is 280 g/mol. The van der Waals surface area contributed by atoms with Crippen LogP contribution in [0.5, 0.6) is 5.75 Å². The quantitative estimate of drug-likeness (QED) is 0.913. The van der Waals surface area contributed by atoms with E-state index in [-0.39, 0.29) is 6.61 Å². The Morgan fingerprint density at radius 1 is 1.26 bits per heavy atom. The van der Waals surface area contributed by atoms with E-state index in [0.717, 1.165) is 5.56 Å². The van der Waals surface area contributed by atoms with Crippen molar-refractivity contribution in [3.8, 4) is 5.75 Å². The predicted octanol–water partition coefficient (Wildman–Crippen LogP) is 4.11. The highest BCUT2D eigenvalue weighted by molar-refractivity contribution is 6.30. The van der Waals surface area contributed by atoms with Crippen LogP contribution in [0, 0.1) is 5.82 Å². The summed E-state index contributed by atoms with van der Waals surface area (Å²) in [6.45, 7) is 1.88. The molecular weight excluding hydrogens is 267 g/mol. The molecule has 4 heteroatoms. The van der Waals surface area contributed by atoms with Crippen LogP contribution in [0.15, 0.2) is 42.5 Å². The number of hydrogen-bond acceptors (Lipinski definition) is 2. The van der Waals surface area contributed by atoms with E-state index in [1.54, 1.807) is 19.1 Å². The highest BCUT2D eigenvalue weighted by Crippen LogP contribution is 2.27. The molecule has 0 spiro atoms. The Labute approximate surface area is 116 Å². The summed E-state index contributed by atoms with van der Waals surface area (Å²) < 4.78 is 18.8. The summed E-state index contributed by atoms with van der Waals surface area (Å²) in [5, 5.41) is 10.2. The van der Waals surface area contributed by atoms with Crippen molar-refractivity contribution >= 4 is 11.6 Å². The van der Waals surface area contributed by atoms with Gasteiger partial charge < -0.3 is 9.84 Å². The van der Waals surface area contributed by atoms with Crippen molar-refractivity contribution in [1.29, 1.82) is 0 Å². The molecule has 2 rings (SSSR count). The molecule has 1 N–H and O–H groups in total. The summed E-state index contributed by atoms with van der Waals surface area (Å²) in [6.07, 6.45) is -0.713. The van der Waals surface area contributed by atoms with Gasteiger partial charge in [0, 0.05) is 16.7 Å². The molecule has 100 valence electrons. The van der Waals surface area contributed by atoms with Gasteiger partial charge in [0.2, 0.25) is 0 Å². The van der Waals surface area contributed by atoms with Crippen molar-refractivity contribution < 1.29 is 14.2 Å². The van der Waals surface area contributed by atoms with Crippen LogP contribution < -0.4 is 4.74 Å². The van der Waals surface area contributed by atoms with Crippen molar-refractivity contribution in [2.45, 2.75) is 19.6 Å². The molecule has 0 aliphatic rings. The number of benzene rings is 2. The zero-order valence-corrected chi connectivity index (χ0v) is 11.2. The van der Waals surface area contributed by atoms with Gasteiger partial charge in [-0.3, -0.25) is 0 Å². The summed E-state index contributed by atoms with van der Waals surface area (Å²) in [4.78, 5) is 0. The van der Waals surface area contributed by atoms with Gasteiger partial charge in [0.05, 0.1) is 6.10 Å². The molecule has 0 amide bonds. The fourth-order valence-electron chi connectivity index (χ4n) is 1.77. The molecule has 0 aliphatic carbocycles. The van der Waals surface area contributed by atoms with Crippen LogP contribution in [0.1, 0.15) is 24.2 Å². The van der Waals surface area contributed by atoms with Crippen molar-refractivity contribution in [2.75, 3.05) is 0 Å². The first-order chi connectivity index (χ1) is 9.06. The molecule has 0 unspecified atom stereocenters. The SMILES string of the molecule is C[C@@H](O)c1ccc(F)cc1OCc1cccc(Cl)c1. The highest BCUT2D eigenvalue weighted by atomic mass is 35.5. The fraction of sp³-hybridized carbons (Fsp3) is 0.200. The zero-order valence-electron chi connectivity index (χ0n) is 10.4. The normalized spacial score (nSPS) is 12.2. The van der Waals surface area contributed by atoms with Crippen molar-refractivity contribution in [3.05, 3.63) is 64.4 Å². The molecule has 19 heavy (non-hydrogen) atoms. The predicted molar refractivity (Wildman–Crippen MR) is 72.8 cm³/mol. The first-order valence-electron chi connectivity index (χ1n) is 5.91. The van der Waals surface area contributed by atoms with Gasteiger partial charge in [-0.25, -0.2) is 4.39 Å². The topological polar surface area (TPSA) is 29.5 Å². The molecule has 0 radical (unpaired) electrons. The molecule has 2 nitrogen and oxygen atoms in total. The van der Waals surface area contributed by atoms with Crippen LogP contribution in [0.4, 0.5) is 4.39 Å². The van der Waals surface area contributed by atoms with E-state index in [1.165, 1.54) is 18.2 Å². The van der Waals surface area contributed by atoms with Crippen LogP contribution in [0.3, 0.4) is 0 Å². The molecule has 0 saturated heterocycles. The molecular formula is C15H14ClFO2. The van der Waals surface area contributed by atoms with Crippen LogP contribution in [-0.4, -0.2) is 5.11 Å². The number of ether oxygens (including phenoxy) is 1. The van der Waals surface area contributed by atoms with Crippen molar-refractivity contribution in [1.82, 2.24) is 0 Å². The molecule has 2 aromatic carbocycles. The Balaban J connectivity index is 2.17. The number of hydrogen-bond donors (Lipinski definition) is 1. The number of rotatable bonds is 4. The van der Waals surface area contributed by atoms with Crippen LogP contribution >= 0.6 is 11.6 Å². The van der Waals surface area contributed by atoms with E-state index in [1.807, 2.05) is 12.1 Å². The summed E-state index contributed by atoms with van der Waals surface area (Å²) in [5.74, 6) is -0.0551. The van der Waals surface area contributed by atoms with Gasteiger partial charge in [-0.15, -0.1) is 0 Å². The molecule has 1 atom stereocenters. The Morgan fingerprint density at radius 2 is 2.05 bits per heavy atom. The van der Waals surface area contributed by atoms with E-state index >= 15 is 0 Å². The Kier molecular flexibility index (Phi) is 4.40. The fourth-order valence-corrected chi connectivity index (χ4v) is 1.98. The zero-order chi connectivity index (χ0) is 13.8. The maximum Gasteiger partial charge on any atom is 0.128 e. The lowest BCUT2D eigenvalue weighted by molar-refractivity contribution is 0.190. The lowest BCUT2D eigenvalue weighted by Gasteiger charge is -2.13. The van der Waals surface area contributed by atoms with Crippen molar-refractivity contribution in [3.63, 3.8) is 0 Å². The second-order valence-electron chi connectivity index (χ2n) is 4.28. The first-order valence-corrected chi connectivity index (χ1v) is 6.29. The van der Waals surface area contributed by atoms with E-state index in [4.69, 9.17) is 16.3 Å².